The van der Waals surface area contributed by atoms with Gasteiger partial charge in [0.2, 0.25) is 5.91 Å². The van der Waals surface area contributed by atoms with Gasteiger partial charge in [0.25, 0.3) is 0 Å². The lowest BCUT2D eigenvalue weighted by Crippen LogP contribution is -2.48. The van der Waals surface area contributed by atoms with Crippen molar-refractivity contribution in [3.63, 3.8) is 0 Å². The normalized spacial score (nSPS) is 11.1. The van der Waals surface area contributed by atoms with Crippen LogP contribution in [-0.2, 0) is 4.79 Å². The van der Waals surface area contributed by atoms with Gasteiger partial charge in [-0.3, -0.25) is 10.1 Å². The molecular weight excluding hydrogens is 364 g/mol. The summed E-state index contributed by atoms with van der Waals surface area (Å²) in [5, 5.41) is 9.37. The summed E-state index contributed by atoms with van der Waals surface area (Å²) in [6, 6.07) is 9.05. The molecule has 128 valence electrons. The molecule has 0 fully saturated rings. The second-order valence-electron chi connectivity index (χ2n) is 5.92. The molecule has 2 N–H and O–H groups in total. The molecule has 0 saturated heterocycles. The number of aromatic nitrogens is 2. The van der Waals surface area contributed by atoms with E-state index >= 15 is 0 Å². The molecule has 3 amide bonds. The zero-order valence-corrected chi connectivity index (χ0v) is 16.0. The summed E-state index contributed by atoms with van der Waals surface area (Å²) in [5.41, 5.74) is 0.477. The van der Waals surface area contributed by atoms with Gasteiger partial charge in [0, 0.05) is 5.54 Å². The summed E-state index contributed by atoms with van der Waals surface area (Å²) in [5.74, 6) is -0.289. The lowest BCUT2D eigenvalue weighted by atomic mass is 10.1. The summed E-state index contributed by atoms with van der Waals surface area (Å²) in [6.07, 6.45) is 0. The highest BCUT2D eigenvalue weighted by Crippen LogP contribution is 2.23. The van der Waals surface area contributed by atoms with Gasteiger partial charge in [0.15, 0.2) is 8.29 Å². The lowest BCUT2D eigenvalue weighted by Gasteiger charge is -2.20. The van der Waals surface area contributed by atoms with Gasteiger partial charge in [-0.05, 0) is 45.1 Å². The summed E-state index contributed by atoms with van der Waals surface area (Å²) in [6.45, 7) is 5.53. The maximum atomic E-state index is 11.8. The largest absolute Gasteiger partial charge is 0.333 e. The predicted molar refractivity (Wildman–Crippen MR) is 99.4 cm³/mol. The van der Waals surface area contributed by atoms with Gasteiger partial charge in [-0.2, -0.15) is 0 Å². The third-order valence-electron chi connectivity index (χ3n) is 2.60. The van der Waals surface area contributed by atoms with Gasteiger partial charge in [-0.1, -0.05) is 41.3 Å². The van der Waals surface area contributed by atoms with Crippen LogP contribution < -0.4 is 10.6 Å². The zero-order valence-electron chi connectivity index (χ0n) is 13.5. The van der Waals surface area contributed by atoms with E-state index in [2.05, 4.69) is 15.7 Å². The van der Waals surface area contributed by atoms with Gasteiger partial charge in [-0.15, -0.1) is 5.10 Å². The van der Waals surface area contributed by atoms with Crippen molar-refractivity contribution >= 4 is 47.3 Å². The predicted octanol–water partition coefficient (Wildman–Crippen LogP) is 3.38. The van der Waals surface area contributed by atoms with E-state index in [0.717, 1.165) is 5.69 Å². The lowest BCUT2D eigenvalue weighted by molar-refractivity contribution is -0.117. The molecule has 1 heterocycles. The molecule has 6 nitrogen and oxygen atoms in total. The molecule has 0 atom stereocenters. The Morgan fingerprint density at radius 1 is 1.29 bits per heavy atom. The molecular formula is C15H18N4O2S3. The fourth-order valence-corrected chi connectivity index (χ4v) is 3.87. The van der Waals surface area contributed by atoms with Crippen LogP contribution in [-0.4, -0.2) is 33.0 Å². The third-order valence-corrected chi connectivity index (χ3v) is 4.96. The summed E-state index contributed by atoms with van der Waals surface area (Å²) < 4.78 is 2.94. The number of benzene rings is 1. The number of urea groups is 1. The number of hydrogen-bond acceptors (Lipinski definition) is 6. The topological polar surface area (TPSA) is 76.0 Å². The number of hydrogen-bond donors (Lipinski definition) is 2. The molecule has 0 saturated carbocycles. The fourth-order valence-electron chi connectivity index (χ4n) is 1.71. The van der Waals surface area contributed by atoms with Crippen LogP contribution in [0.5, 0.6) is 0 Å². The summed E-state index contributed by atoms with van der Waals surface area (Å²) in [7, 11) is 0. The van der Waals surface area contributed by atoms with E-state index < -0.39 is 11.6 Å². The van der Waals surface area contributed by atoms with E-state index in [0.29, 0.717) is 8.29 Å². The molecule has 0 aliphatic rings. The van der Waals surface area contributed by atoms with Crippen molar-refractivity contribution in [2.45, 2.75) is 30.6 Å². The fraction of sp³-hybridized carbons (Fsp3) is 0.333. The highest BCUT2D eigenvalue weighted by Gasteiger charge is 2.16. The molecule has 0 radical (unpaired) electrons. The van der Waals surface area contributed by atoms with Gasteiger partial charge in [-0.25, -0.2) is 9.48 Å². The maximum absolute atomic E-state index is 11.8. The molecule has 0 spiro atoms. The second kappa shape index (κ2) is 7.91. The molecule has 0 aliphatic heterocycles. The van der Waals surface area contributed by atoms with Gasteiger partial charge in [0.1, 0.15) is 0 Å². The van der Waals surface area contributed by atoms with E-state index in [1.807, 2.05) is 51.1 Å². The Morgan fingerprint density at radius 3 is 2.58 bits per heavy atom. The van der Waals surface area contributed by atoms with E-state index in [1.165, 1.54) is 23.1 Å². The first-order valence-electron chi connectivity index (χ1n) is 7.15. The van der Waals surface area contributed by atoms with Crippen LogP contribution in [0.1, 0.15) is 20.8 Å². The van der Waals surface area contributed by atoms with Crippen molar-refractivity contribution in [2.75, 3.05) is 5.75 Å². The van der Waals surface area contributed by atoms with Gasteiger partial charge in [0.05, 0.1) is 11.4 Å². The number of amides is 3. The SMILES string of the molecule is CC(C)(C)NC(=O)NC(=O)CSc1nn(-c2ccccc2)c(=S)s1. The Morgan fingerprint density at radius 2 is 1.96 bits per heavy atom. The zero-order chi connectivity index (χ0) is 17.7. The Labute approximate surface area is 153 Å². The highest BCUT2D eigenvalue weighted by atomic mass is 32.2. The number of thioether (sulfide) groups is 1. The molecule has 0 aliphatic carbocycles. The molecule has 2 aromatic rings. The first-order chi connectivity index (χ1) is 11.2. The van der Waals surface area contributed by atoms with Gasteiger partial charge >= 0.3 is 6.03 Å². The number of nitrogens with zero attached hydrogens (tertiary/aromatic N) is 2. The molecule has 1 aromatic heterocycles. The molecule has 24 heavy (non-hydrogen) atoms. The van der Waals surface area contributed by atoms with Crippen LogP contribution in [0.2, 0.25) is 0 Å². The smallest absolute Gasteiger partial charge is 0.321 e. The summed E-state index contributed by atoms with van der Waals surface area (Å²) >= 11 is 7.88. The average Bonchev–Trinajstić information content (AvgIpc) is 2.85. The Balaban J connectivity index is 1.92. The summed E-state index contributed by atoms with van der Waals surface area (Å²) in [4.78, 5) is 23.5. The second-order valence-corrected chi connectivity index (χ2v) is 8.77. The average molecular weight is 383 g/mol. The van der Waals surface area contributed by atoms with Crippen LogP contribution >= 0.6 is 35.3 Å². The number of carbonyl (C=O) groups excluding carboxylic acids is 2. The number of imide groups is 1. The van der Waals surface area contributed by atoms with Crippen LogP contribution in [0, 0.1) is 3.95 Å². The van der Waals surface area contributed by atoms with Crippen LogP contribution in [0.15, 0.2) is 34.7 Å². The van der Waals surface area contributed by atoms with Crippen molar-refractivity contribution in [3.05, 3.63) is 34.3 Å². The minimum absolute atomic E-state index is 0.0919. The first kappa shape index (κ1) is 18.6. The highest BCUT2D eigenvalue weighted by molar-refractivity contribution is 8.01. The molecule has 9 heteroatoms. The van der Waals surface area contributed by atoms with Crippen molar-refractivity contribution in [1.29, 1.82) is 0 Å². The van der Waals surface area contributed by atoms with Crippen LogP contribution in [0.25, 0.3) is 5.69 Å². The van der Waals surface area contributed by atoms with E-state index in [4.69, 9.17) is 12.2 Å². The van der Waals surface area contributed by atoms with Gasteiger partial charge < -0.3 is 5.32 Å². The molecule has 0 unspecified atom stereocenters. The standard InChI is InChI=1S/C15H18N4O2S3/c1-15(2,3)17-12(21)16-11(20)9-23-13-18-19(14(22)24-13)10-7-5-4-6-8-10/h4-8H,9H2,1-3H3,(H2,16,17,20,21). The monoisotopic (exact) mass is 382 g/mol. The van der Waals surface area contributed by atoms with E-state index in [1.54, 1.807) is 4.68 Å². The van der Waals surface area contributed by atoms with Crippen LogP contribution in [0.4, 0.5) is 4.79 Å². The van der Waals surface area contributed by atoms with Crippen molar-refractivity contribution in [2.24, 2.45) is 0 Å². The number of rotatable bonds is 4. The van der Waals surface area contributed by atoms with E-state index in [9.17, 15) is 9.59 Å². The maximum Gasteiger partial charge on any atom is 0.321 e. The third kappa shape index (κ3) is 5.73. The number of carbonyl (C=O) groups is 2. The van der Waals surface area contributed by atoms with Crippen LogP contribution in [0.3, 0.4) is 0 Å². The molecule has 0 bridgehead atoms. The van der Waals surface area contributed by atoms with Crippen molar-refractivity contribution in [1.82, 2.24) is 20.4 Å². The minimum atomic E-state index is -0.504. The molecule has 1 aromatic carbocycles. The Bertz CT molecular complexity index is 778. The number of nitrogens with one attached hydrogen (secondary N) is 2. The Hall–Kier alpha value is -1.71. The molecule has 2 rings (SSSR count). The van der Waals surface area contributed by atoms with E-state index in [-0.39, 0.29) is 11.7 Å². The first-order valence-corrected chi connectivity index (χ1v) is 9.36. The quantitative estimate of drug-likeness (QED) is 0.626. The van der Waals surface area contributed by atoms with Crippen molar-refractivity contribution in [3.8, 4) is 5.69 Å². The Kier molecular flexibility index (Phi) is 6.14. The minimum Gasteiger partial charge on any atom is -0.333 e. The number of para-hydroxylation sites is 1. The van der Waals surface area contributed by atoms with Crippen molar-refractivity contribution < 1.29 is 9.59 Å².